The van der Waals surface area contributed by atoms with E-state index in [1.807, 2.05) is 0 Å². The first kappa shape index (κ1) is 11.4. The predicted molar refractivity (Wildman–Crippen MR) is 47.4 cm³/mol. The fourth-order valence-electron chi connectivity index (χ4n) is 1.06. The van der Waals surface area contributed by atoms with Crippen molar-refractivity contribution in [3.8, 4) is 5.75 Å². The van der Waals surface area contributed by atoms with Gasteiger partial charge in [-0.3, -0.25) is 4.79 Å². The van der Waals surface area contributed by atoms with E-state index in [1.165, 1.54) is 6.92 Å². The standard InChI is InChI=1S/C9H8F3NO2/c1-4(14)5-2-6(10)8(3-7(5)13)15-9(11)12/h2-3,9H,13H2,1H3. The molecule has 0 amide bonds. The van der Waals surface area contributed by atoms with Gasteiger partial charge in [-0.2, -0.15) is 8.78 Å². The lowest BCUT2D eigenvalue weighted by atomic mass is 10.1. The summed E-state index contributed by atoms with van der Waals surface area (Å²) in [5.41, 5.74) is 5.20. The number of ether oxygens (including phenoxy) is 1. The first-order valence-electron chi connectivity index (χ1n) is 3.96. The molecule has 0 bridgehead atoms. The van der Waals surface area contributed by atoms with E-state index in [-0.39, 0.29) is 11.3 Å². The molecule has 15 heavy (non-hydrogen) atoms. The lowest BCUT2D eigenvalue weighted by Crippen LogP contribution is -2.07. The highest BCUT2D eigenvalue weighted by atomic mass is 19.3. The second-order valence-electron chi connectivity index (χ2n) is 2.80. The highest BCUT2D eigenvalue weighted by molar-refractivity contribution is 5.99. The summed E-state index contributed by atoms with van der Waals surface area (Å²) in [6.07, 6.45) is 0. The first-order valence-corrected chi connectivity index (χ1v) is 3.96. The number of anilines is 1. The zero-order valence-corrected chi connectivity index (χ0v) is 7.76. The number of rotatable bonds is 3. The molecule has 0 saturated carbocycles. The number of nitrogen functional groups attached to an aromatic ring is 1. The lowest BCUT2D eigenvalue weighted by Gasteiger charge is -2.08. The minimum Gasteiger partial charge on any atom is -0.432 e. The van der Waals surface area contributed by atoms with Gasteiger partial charge in [0.2, 0.25) is 0 Å². The van der Waals surface area contributed by atoms with Crippen LogP contribution in [0, 0.1) is 5.82 Å². The van der Waals surface area contributed by atoms with Crippen molar-refractivity contribution >= 4 is 11.5 Å². The van der Waals surface area contributed by atoms with Crippen molar-refractivity contribution in [2.75, 3.05) is 5.73 Å². The van der Waals surface area contributed by atoms with Crippen molar-refractivity contribution in [1.82, 2.24) is 0 Å². The van der Waals surface area contributed by atoms with Crippen molar-refractivity contribution in [2.45, 2.75) is 13.5 Å². The number of hydrogen-bond acceptors (Lipinski definition) is 3. The second kappa shape index (κ2) is 4.20. The number of benzene rings is 1. The quantitative estimate of drug-likeness (QED) is 0.626. The molecule has 1 rings (SSSR count). The predicted octanol–water partition coefficient (Wildman–Crippen LogP) is 2.21. The maximum Gasteiger partial charge on any atom is 0.387 e. The minimum atomic E-state index is -3.14. The maximum atomic E-state index is 13.1. The van der Waals surface area contributed by atoms with Crippen LogP contribution < -0.4 is 10.5 Å². The topological polar surface area (TPSA) is 52.3 Å². The number of Topliss-reactive ketones (excluding diaryl/α,β-unsaturated/α-hetero) is 1. The average Bonchev–Trinajstić information content (AvgIpc) is 2.09. The number of halogens is 3. The van der Waals surface area contributed by atoms with E-state index in [9.17, 15) is 18.0 Å². The van der Waals surface area contributed by atoms with Crippen molar-refractivity contribution in [3.05, 3.63) is 23.5 Å². The van der Waals surface area contributed by atoms with Gasteiger partial charge in [0.05, 0.1) is 0 Å². The number of alkyl halides is 2. The van der Waals surface area contributed by atoms with Crippen LogP contribution in [-0.4, -0.2) is 12.4 Å². The normalized spacial score (nSPS) is 10.5. The van der Waals surface area contributed by atoms with Gasteiger partial charge < -0.3 is 10.5 Å². The van der Waals surface area contributed by atoms with Crippen molar-refractivity contribution in [1.29, 1.82) is 0 Å². The molecule has 0 saturated heterocycles. The molecule has 0 radical (unpaired) electrons. The Hall–Kier alpha value is -1.72. The van der Waals surface area contributed by atoms with Crippen molar-refractivity contribution in [2.24, 2.45) is 0 Å². The Bertz CT molecular complexity index is 393. The molecule has 0 aliphatic rings. The summed E-state index contributed by atoms with van der Waals surface area (Å²) in [4.78, 5) is 10.9. The third-order valence-corrected chi connectivity index (χ3v) is 1.70. The van der Waals surface area contributed by atoms with Gasteiger partial charge >= 0.3 is 6.61 Å². The molecule has 0 aliphatic carbocycles. The Kier molecular flexibility index (Phi) is 3.18. The van der Waals surface area contributed by atoms with Crippen LogP contribution in [0.15, 0.2) is 12.1 Å². The second-order valence-corrected chi connectivity index (χ2v) is 2.80. The summed E-state index contributed by atoms with van der Waals surface area (Å²) < 4.78 is 40.5. The molecule has 0 atom stereocenters. The Labute approximate surface area is 83.6 Å². The van der Waals surface area contributed by atoms with Gasteiger partial charge in [-0.05, 0) is 13.0 Å². The third-order valence-electron chi connectivity index (χ3n) is 1.70. The largest absolute Gasteiger partial charge is 0.432 e. The maximum absolute atomic E-state index is 13.1. The van der Waals surface area contributed by atoms with E-state index in [0.29, 0.717) is 0 Å². The molecule has 0 spiro atoms. The van der Waals surface area contributed by atoms with Gasteiger partial charge in [-0.1, -0.05) is 0 Å². The molecule has 2 N–H and O–H groups in total. The molecule has 0 unspecified atom stereocenters. The Morgan fingerprint density at radius 1 is 1.47 bits per heavy atom. The highest BCUT2D eigenvalue weighted by Crippen LogP contribution is 2.25. The van der Waals surface area contributed by atoms with E-state index in [0.717, 1.165) is 12.1 Å². The van der Waals surface area contributed by atoms with E-state index in [1.54, 1.807) is 0 Å². The molecule has 6 heteroatoms. The van der Waals surface area contributed by atoms with Crippen LogP contribution in [0.1, 0.15) is 17.3 Å². The average molecular weight is 219 g/mol. The molecule has 0 fully saturated rings. The third kappa shape index (κ3) is 2.61. The van der Waals surface area contributed by atoms with E-state index in [2.05, 4.69) is 4.74 Å². The summed E-state index contributed by atoms with van der Waals surface area (Å²) in [6, 6.07) is 1.63. The highest BCUT2D eigenvalue weighted by Gasteiger charge is 2.14. The molecule has 0 aromatic heterocycles. The summed E-state index contributed by atoms with van der Waals surface area (Å²) >= 11 is 0. The van der Waals surface area contributed by atoms with Crippen LogP contribution in [0.5, 0.6) is 5.75 Å². The number of carbonyl (C=O) groups excluding carboxylic acids is 1. The SMILES string of the molecule is CC(=O)c1cc(F)c(OC(F)F)cc1N. The zero-order chi connectivity index (χ0) is 11.6. The van der Waals surface area contributed by atoms with Crippen LogP contribution in [0.25, 0.3) is 0 Å². The Morgan fingerprint density at radius 2 is 2.07 bits per heavy atom. The Morgan fingerprint density at radius 3 is 2.53 bits per heavy atom. The number of ketones is 1. The molecule has 82 valence electrons. The molecule has 1 aromatic rings. The van der Waals surface area contributed by atoms with Crippen LogP contribution in [0.4, 0.5) is 18.9 Å². The van der Waals surface area contributed by atoms with Crippen LogP contribution in [-0.2, 0) is 0 Å². The first-order chi connectivity index (χ1) is 6.91. The summed E-state index contributed by atoms with van der Waals surface area (Å²) in [7, 11) is 0. The Balaban J connectivity index is 3.13. The smallest absolute Gasteiger partial charge is 0.387 e. The molecular formula is C9H8F3NO2. The van der Waals surface area contributed by atoms with E-state index in [4.69, 9.17) is 5.73 Å². The summed E-state index contributed by atoms with van der Waals surface area (Å²) in [5.74, 6) is -2.17. The fourth-order valence-corrected chi connectivity index (χ4v) is 1.06. The molecule has 0 aliphatic heterocycles. The van der Waals surface area contributed by atoms with Crippen LogP contribution >= 0.6 is 0 Å². The number of carbonyl (C=O) groups is 1. The van der Waals surface area contributed by atoms with Crippen molar-refractivity contribution < 1.29 is 22.7 Å². The monoisotopic (exact) mass is 219 g/mol. The summed E-state index contributed by atoms with van der Waals surface area (Å²) in [5, 5.41) is 0. The molecule has 3 nitrogen and oxygen atoms in total. The van der Waals surface area contributed by atoms with Gasteiger partial charge in [0.25, 0.3) is 0 Å². The van der Waals surface area contributed by atoms with Crippen molar-refractivity contribution in [3.63, 3.8) is 0 Å². The molecule has 1 aromatic carbocycles. The van der Waals surface area contributed by atoms with E-state index >= 15 is 0 Å². The zero-order valence-electron chi connectivity index (χ0n) is 7.76. The van der Waals surface area contributed by atoms with Gasteiger partial charge in [-0.25, -0.2) is 4.39 Å². The van der Waals surface area contributed by atoms with E-state index < -0.39 is 24.0 Å². The van der Waals surface area contributed by atoms with Crippen LogP contribution in [0.2, 0.25) is 0 Å². The summed E-state index contributed by atoms with van der Waals surface area (Å²) in [6.45, 7) is -1.94. The van der Waals surface area contributed by atoms with Crippen LogP contribution in [0.3, 0.4) is 0 Å². The number of nitrogens with two attached hydrogens (primary N) is 1. The molecule has 0 heterocycles. The fraction of sp³-hybridized carbons (Fsp3) is 0.222. The molecular weight excluding hydrogens is 211 g/mol. The van der Waals surface area contributed by atoms with Gasteiger partial charge in [0.15, 0.2) is 17.3 Å². The minimum absolute atomic E-state index is 0.0610. The lowest BCUT2D eigenvalue weighted by molar-refractivity contribution is -0.0521. The number of hydrogen-bond donors (Lipinski definition) is 1. The van der Waals surface area contributed by atoms with Gasteiger partial charge in [0.1, 0.15) is 0 Å². The van der Waals surface area contributed by atoms with Gasteiger partial charge in [0, 0.05) is 17.3 Å². The van der Waals surface area contributed by atoms with Gasteiger partial charge in [-0.15, -0.1) is 0 Å².